The first kappa shape index (κ1) is 15.0. The molecule has 10 heteroatoms. The number of carboxylic acid groups (broad SMARTS) is 1. The van der Waals surface area contributed by atoms with E-state index in [1.165, 1.54) is 6.07 Å². The highest BCUT2D eigenvalue weighted by molar-refractivity contribution is 7.89. The highest BCUT2D eigenvalue weighted by atomic mass is 32.2. The first-order valence-electron chi connectivity index (χ1n) is 4.89. The summed E-state index contributed by atoms with van der Waals surface area (Å²) in [6, 6.07) is 4.24. The molecule has 3 N–H and O–H groups in total. The zero-order valence-electron chi connectivity index (χ0n) is 9.38. The number of sulfonamides is 1. The monoisotopic (exact) mass is 290 g/mol. The predicted molar refractivity (Wildman–Crippen MR) is 61.9 cm³/mol. The van der Waals surface area contributed by atoms with Crippen LogP contribution in [0.1, 0.15) is 0 Å². The maximum Gasteiger partial charge on any atom is 0.333 e. The molecule has 1 aromatic rings. The molecule has 0 fully saturated rings. The molecule has 0 aliphatic heterocycles. The Kier molecular flexibility index (Phi) is 4.53. The Morgan fingerprint density at radius 3 is 2.63 bits per heavy atom. The lowest BCUT2D eigenvalue weighted by Gasteiger charge is -2.08. The van der Waals surface area contributed by atoms with Gasteiger partial charge in [0.15, 0.2) is 6.10 Å². The molecule has 1 aromatic carbocycles. The summed E-state index contributed by atoms with van der Waals surface area (Å²) in [6.07, 6.45) is -1.89. The third kappa shape index (κ3) is 3.98. The van der Waals surface area contributed by atoms with Gasteiger partial charge < -0.3 is 10.2 Å². The molecule has 0 saturated carbocycles. The number of aliphatic hydroxyl groups is 1. The number of nitrogens with zero attached hydrogens (tertiary/aromatic N) is 1. The van der Waals surface area contributed by atoms with E-state index in [0.29, 0.717) is 0 Å². The number of non-ortho nitro benzene ring substituents is 1. The van der Waals surface area contributed by atoms with E-state index < -0.39 is 39.3 Å². The molecule has 1 atom stereocenters. The first-order chi connectivity index (χ1) is 8.74. The highest BCUT2D eigenvalue weighted by Crippen LogP contribution is 2.16. The molecule has 0 aromatic heterocycles. The predicted octanol–water partition coefficient (Wildman–Crippen LogP) is -0.681. The Balaban J connectivity index is 2.91. The molecule has 1 rings (SSSR count). The number of aliphatic hydroxyl groups excluding tert-OH is 1. The van der Waals surface area contributed by atoms with E-state index in [9.17, 15) is 23.3 Å². The average molecular weight is 290 g/mol. The fourth-order valence-corrected chi connectivity index (χ4v) is 2.20. The smallest absolute Gasteiger partial charge is 0.333 e. The number of hydrogen-bond acceptors (Lipinski definition) is 6. The van der Waals surface area contributed by atoms with Gasteiger partial charge in [-0.05, 0) is 6.07 Å². The van der Waals surface area contributed by atoms with Crippen LogP contribution in [0.3, 0.4) is 0 Å². The van der Waals surface area contributed by atoms with Gasteiger partial charge in [-0.3, -0.25) is 10.1 Å². The van der Waals surface area contributed by atoms with E-state index in [4.69, 9.17) is 10.2 Å². The Bertz CT molecular complexity index is 598. The molecule has 104 valence electrons. The summed E-state index contributed by atoms with van der Waals surface area (Å²) in [6.45, 7) is -0.736. The molecule has 0 aliphatic rings. The summed E-state index contributed by atoms with van der Waals surface area (Å²) in [4.78, 5) is 19.7. The number of carbonyl (C=O) groups is 1. The third-order valence-electron chi connectivity index (χ3n) is 2.09. The Morgan fingerprint density at radius 2 is 2.11 bits per heavy atom. The molecule has 0 spiro atoms. The maximum atomic E-state index is 11.7. The van der Waals surface area contributed by atoms with Crippen molar-refractivity contribution in [2.45, 2.75) is 11.0 Å². The van der Waals surface area contributed by atoms with Crippen molar-refractivity contribution < 1.29 is 28.3 Å². The van der Waals surface area contributed by atoms with E-state index in [0.717, 1.165) is 18.2 Å². The van der Waals surface area contributed by atoms with Gasteiger partial charge in [0.05, 0.1) is 9.82 Å². The van der Waals surface area contributed by atoms with Gasteiger partial charge in [0, 0.05) is 18.7 Å². The molecular formula is C9H10N2O7S. The van der Waals surface area contributed by atoms with Gasteiger partial charge in [0.2, 0.25) is 10.0 Å². The second kappa shape index (κ2) is 5.73. The summed E-state index contributed by atoms with van der Waals surface area (Å²) in [7, 11) is -4.12. The van der Waals surface area contributed by atoms with Gasteiger partial charge in [0.25, 0.3) is 5.69 Å². The molecule has 0 heterocycles. The number of aliphatic carboxylic acids is 1. The lowest BCUT2D eigenvalue weighted by atomic mass is 10.3. The molecule has 0 unspecified atom stereocenters. The van der Waals surface area contributed by atoms with E-state index in [1.807, 2.05) is 4.72 Å². The number of benzene rings is 1. The molecule has 0 bridgehead atoms. The van der Waals surface area contributed by atoms with Crippen molar-refractivity contribution in [3.05, 3.63) is 34.4 Å². The molecule has 0 amide bonds. The van der Waals surface area contributed by atoms with E-state index in [1.54, 1.807) is 0 Å². The van der Waals surface area contributed by atoms with Crippen LogP contribution in [0.15, 0.2) is 29.2 Å². The fourth-order valence-electron chi connectivity index (χ4n) is 1.12. The SMILES string of the molecule is O=C(O)[C@@H](O)CNS(=O)(=O)c1cccc([N+](=O)[O-])c1. The van der Waals surface area contributed by atoms with Crippen molar-refractivity contribution in [3.63, 3.8) is 0 Å². The van der Waals surface area contributed by atoms with Crippen molar-refractivity contribution in [1.29, 1.82) is 0 Å². The quantitative estimate of drug-likeness (QED) is 0.464. The highest BCUT2D eigenvalue weighted by Gasteiger charge is 2.21. The first-order valence-corrected chi connectivity index (χ1v) is 6.37. The molecule has 0 saturated heterocycles. The van der Waals surface area contributed by atoms with E-state index >= 15 is 0 Å². The van der Waals surface area contributed by atoms with Crippen molar-refractivity contribution in [2.75, 3.05) is 6.54 Å². The number of carboxylic acids is 1. The summed E-state index contributed by atoms with van der Waals surface area (Å²) < 4.78 is 25.2. The fraction of sp³-hybridized carbons (Fsp3) is 0.222. The number of hydrogen-bond donors (Lipinski definition) is 3. The van der Waals surface area contributed by atoms with Gasteiger partial charge in [0.1, 0.15) is 0 Å². The second-order valence-corrected chi connectivity index (χ2v) is 5.23. The molecule has 9 nitrogen and oxygen atoms in total. The Morgan fingerprint density at radius 1 is 1.47 bits per heavy atom. The third-order valence-corrected chi connectivity index (χ3v) is 3.51. The van der Waals surface area contributed by atoms with Crippen LogP contribution in [0.5, 0.6) is 0 Å². The summed E-state index contributed by atoms with van der Waals surface area (Å²) in [5, 5.41) is 27.8. The number of nitrogens with one attached hydrogen (secondary N) is 1. The summed E-state index contributed by atoms with van der Waals surface area (Å²) >= 11 is 0. The lowest BCUT2D eigenvalue weighted by molar-refractivity contribution is -0.385. The maximum absolute atomic E-state index is 11.7. The standard InChI is InChI=1S/C9H10N2O7S/c12-8(9(13)14)5-10-19(17,18)7-3-1-2-6(4-7)11(15)16/h1-4,8,10,12H,5H2,(H,13,14)/t8-/m0/s1. The van der Waals surface area contributed by atoms with Crippen LogP contribution in [-0.4, -0.2) is 42.2 Å². The van der Waals surface area contributed by atoms with Gasteiger partial charge in [-0.15, -0.1) is 0 Å². The minimum absolute atomic E-state index is 0.390. The van der Waals surface area contributed by atoms with Crippen molar-refractivity contribution >= 4 is 21.7 Å². The van der Waals surface area contributed by atoms with Crippen LogP contribution in [0.4, 0.5) is 5.69 Å². The van der Waals surface area contributed by atoms with Crippen LogP contribution in [0.25, 0.3) is 0 Å². The number of rotatable bonds is 6. The minimum atomic E-state index is -4.12. The Labute approximate surface area is 107 Å². The second-order valence-electron chi connectivity index (χ2n) is 3.46. The molecule has 0 aliphatic carbocycles. The van der Waals surface area contributed by atoms with Crippen LogP contribution >= 0.6 is 0 Å². The topological polar surface area (TPSA) is 147 Å². The summed E-state index contributed by atoms with van der Waals surface area (Å²) in [5.74, 6) is -1.58. The molecular weight excluding hydrogens is 280 g/mol. The lowest BCUT2D eigenvalue weighted by Crippen LogP contribution is -2.36. The van der Waals surface area contributed by atoms with Crippen LogP contribution in [0.2, 0.25) is 0 Å². The number of nitro benzene ring substituents is 1. The van der Waals surface area contributed by atoms with Gasteiger partial charge in [-0.25, -0.2) is 17.9 Å². The normalized spacial score (nSPS) is 12.9. The molecule has 19 heavy (non-hydrogen) atoms. The summed E-state index contributed by atoms with van der Waals surface area (Å²) in [5.41, 5.74) is -0.415. The Hall–Kier alpha value is -2.04. The largest absolute Gasteiger partial charge is 0.479 e. The zero-order valence-corrected chi connectivity index (χ0v) is 10.2. The van der Waals surface area contributed by atoms with Crippen LogP contribution in [-0.2, 0) is 14.8 Å². The minimum Gasteiger partial charge on any atom is -0.479 e. The van der Waals surface area contributed by atoms with Crippen molar-refractivity contribution in [1.82, 2.24) is 4.72 Å². The number of nitro groups is 1. The van der Waals surface area contributed by atoms with Crippen LogP contribution < -0.4 is 4.72 Å². The van der Waals surface area contributed by atoms with Gasteiger partial charge in [-0.2, -0.15) is 0 Å². The molecule has 0 radical (unpaired) electrons. The van der Waals surface area contributed by atoms with E-state index in [2.05, 4.69) is 0 Å². The average Bonchev–Trinajstić information content (AvgIpc) is 2.36. The van der Waals surface area contributed by atoms with Crippen LogP contribution in [0, 0.1) is 10.1 Å². The van der Waals surface area contributed by atoms with E-state index in [-0.39, 0.29) is 4.90 Å². The van der Waals surface area contributed by atoms with Gasteiger partial charge >= 0.3 is 5.97 Å². The zero-order chi connectivity index (χ0) is 14.6. The van der Waals surface area contributed by atoms with Gasteiger partial charge in [-0.1, -0.05) is 6.07 Å². The van der Waals surface area contributed by atoms with Crippen molar-refractivity contribution in [2.24, 2.45) is 0 Å². The van der Waals surface area contributed by atoms with Crippen molar-refractivity contribution in [3.8, 4) is 0 Å².